The summed E-state index contributed by atoms with van der Waals surface area (Å²) in [6.45, 7) is 5.34. The second-order valence-corrected chi connectivity index (χ2v) is 7.25. The first-order valence-electron chi connectivity index (χ1n) is 9.85. The minimum atomic E-state index is -0.857. The van der Waals surface area contributed by atoms with Crippen LogP contribution in [0.1, 0.15) is 31.9 Å². The van der Waals surface area contributed by atoms with Gasteiger partial charge in [0.1, 0.15) is 25.3 Å². The van der Waals surface area contributed by atoms with E-state index >= 15 is 0 Å². The van der Waals surface area contributed by atoms with Crippen molar-refractivity contribution in [3.05, 3.63) is 71.8 Å². The zero-order chi connectivity index (χ0) is 21.9. The maximum atomic E-state index is 12.6. The fraction of sp³-hybridized carbons (Fsp3) is 0.348. The standard InChI is InChI=1S/C23H28N2O5/c1-16(2)20(25-23(28)30-15-19-12-8-5-9-13-19)21(26)24-17(3)22(27)29-14-18-10-6-4-7-11-18/h4-13,16-17,20H,14-15H2,1-3H3,(H,24,26)(H,25,28)/t17-,20-/m0/s1. The van der Waals surface area contributed by atoms with Crippen LogP contribution in [-0.4, -0.2) is 30.1 Å². The maximum absolute atomic E-state index is 12.6. The molecule has 0 saturated heterocycles. The molecule has 2 rings (SSSR count). The van der Waals surface area contributed by atoms with Gasteiger partial charge in [-0.2, -0.15) is 0 Å². The molecular formula is C23H28N2O5. The molecule has 2 atom stereocenters. The molecule has 0 saturated carbocycles. The summed E-state index contributed by atoms with van der Waals surface area (Å²) in [5.41, 5.74) is 1.69. The van der Waals surface area contributed by atoms with E-state index in [-0.39, 0.29) is 19.1 Å². The maximum Gasteiger partial charge on any atom is 0.408 e. The highest BCUT2D eigenvalue weighted by molar-refractivity contribution is 5.89. The molecule has 0 bridgehead atoms. The molecule has 7 nitrogen and oxygen atoms in total. The Morgan fingerprint density at radius 3 is 1.77 bits per heavy atom. The summed E-state index contributed by atoms with van der Waals surface area (Å²) in [4.78, 5) is 36.9. The number of carbonyl (C=O) groups excluding carboxylic acids is 3. The molecule has 160 valence electrons. The number of nitrogens with one attached hydrogen (secondary N) is 2. The van der Waals surface area contributed by atoms with Gasteiger partial charge in [-0.3, -0.25) is 4.79 Å². The number of carbonyl (C=O) groups is 3. The number of alkyl carbamates (subject to hydrolysis) is 1. The van der Waals surface area contributed by atoms with E-state index in [1.54, 1.807) is 13.8 Å². The van der Waals surface area contributed by atoms with Crippen molar-refractivity contribution in [2.75, 3.05) is 0 Å². The number of rotatable bonds is 9. The average molecular weight is 412 g/mol. The van der Waals surface area contributed by atoms with Crippen LogP contribution in [0.5, 0.6) is 0 Å². The topological polar surface area (TPSA) is 93.7 Å². The van der Waals surface area contributed by atoms with Crippen molar-refractivity contribution >= 4 is 18.0 Å². The summed E-state index contributed by atoms with van der Waals surface area (Å²) < 4.78 is 10.4. The van der Waals surface area contributed by atoms with Gasteiger partial charge in [0.15, 0.2) is 0 Å². The first-order valence-corrected chi connectivity index (χ1v) is 9.85. The van der Waals surface area contributed by atoms with Gasteiger partial charge in [0, 0.05) is 0 Å². The Bertz CT molecular complexity index is 824. The van der Waals surface area contributed by atoms with Crippen LogP contribution in [0.25, 0.3) is 0 Å². The highest BCUT2D eigenvalue weighted by atomic mass is 16.5. The lowest BCUT2D eigenvalue weighted by Gasteiger charge is -2.23. The van der Waals surface area contributed by atoms with Crippen molar-refractivity contribution in [1.82, 2.24) is 10.6 Å². The lowest BCUT2D eigenvalue weighted by atomic mass is 10.0. The van der Waals surface area contributed by atoms with Crippen LogP contribution in [0, 0.1) is 5.92 Å². The molecule has 0 heterocycles. The van der Waals surface area contributed by atoms with Gasteiger partial charge in [0.2, 0.25) is 5.91 Å². The second-order valence-electron chi connectivity index (χ2n) is 7.25. The Hall–Kier alpha value is -3.35. The van der Waals surface area contributed by atoms with Crippen molar-refractivity contribution < 1.29 is 23.9 Å². The molecule has 0 aromatic heterocycles. The average Bonchev–Trinajstić information content (AvgIpc) is 2.75. The Morgan fingerprint density at radius 2 is 1.27 bits per heavy atom. The summed E-state index contributed by atoms with van der Waals surface area (Å²) in [5, 5.41) is 5.16. The Labute approximate surface area is 176 Å². The molecule has 0 unspecified atom stereocenters. The largest absolute Gasteiger partial charge is 0.459 e. The number of esters is 1. The van der Waals surface area contributed by atoms with Crippen LogP contribution in [0.2, 0.25) is 0 Å². The molecule has 2 aromatic carbocycles. The van der Waals surface area contributed by atoms with Gasteiger partial charge < -0.3 is 20.1 Å². The van der Waals surface area contributed by atoms with Gasteiger partial charge in [-0.25, -0.2) is 9.59 Å². The van der Waals surface area contributed by atoms with E-state index in [9.17, 15) is 14.4 Å². The Balaban J connectivity index is 1.83. The third-order valence-corrected chi connectivity index (χ3v) is 4.37. The molecule has 0 aliphatic carbocycles. The number of hydrogen-bond acceptors (Lipinski definition) is 5. The summed E-state index contributed by atoms with van der Waals surface area (Å²) in [6.07, 6.45) is -0.702. The van der Waals surface area contributed by atoms with E-state index in [4.69, 9.17) is 9.47 Å². The molecule has 2 amide bonds. The molecule has 0 fully saturated rings. The fourth-order valence-electron chi connectivity index (χ4n) is 2.64. The minimum Gasteiger partial charge on any atom is -0.459 e. The predicted octanol–water partition coefficient (Wildman–Crippen LogP) is 3.19. The van der Waals surface area contributed by atoms with Crippen LogP contribution in [-0.2, 0) is 32.3 Å². The summed E-state index contributed by atoms with van der Waals surface area (Å²) >= 11 is 0. The van der Waals surface area contributed by atoms with Gasteiger partial charge in [0.05, 0.1) is 0 Å². The highest BCUT2D eigenvalue weighted by Crippen LogP contribution is 2.06. The van der Waals surface area contributed by atoms with Crippen LogP contribution < -0.4 is 10.6 Å². The van der Waals surface area contributed by atoms with Crippen molar-refractivity contribution in [3.8, 4) is 0 Å². The smallest absolute Gasteiger partial charge is 0.408 e. The van der Waals surface area contributed by atoms with Crippen LogP contribution >= 0.6 is 0 Å². The second kappa shape index (κ2) is 11.6. The number of ether oxygens (including phenoxy) is 2. The van der Waals surface area contributed by atoms with Crippen LogP contribution in [0.15, 0.2) is 60.7 Å². The van der Waals surface area contributed by atoms with Gasteiger partial charge >= 0.3 is 12.1 Å². The lowest BCUT2D eigenvalue weighted by Crippen LogP contribution is -2.53. The highest BCUT2D eigenvalue weighted by Gasteiger charge is 2.28. The van der Waals surface area contributed by atoms with Crippen LogP contribution in [0.3, 0.4) is 0 Å². The fourth-order valence-corrected chi connectivity index (χ4v) is 2.64. The van der Waals surface area contributed by atoms with Crippen molar-refractivity contribution in [2.24, 2.45) is 5.92 Å². The van der Waals surface area contributed by atoms with Gasteiger partial charge in [-0.1, -0.05) is 74.5 Å². The summed E-state index contributed by atoms with van der Waals surface area (Å²) in [6, 6.07) is 16.8. The summed E-state index contributed by atoms with van der Waals surface area (Å²) in [7, 11) is 0. The first kappa shape index (κ1) is 22.9. The molecule has 0 aliphatic rings. The van der Waals surface area contributed by atoms with E-state index in [0.29, 0.717) is 0 Å². The number of amides is 2. The number of benzene rings is 2. The zero-order valence-corrected chi connectivity index (χ0v) is 17.5. The monoisotopic (exact) mass is 412 g/mol. The summed E-state index contributed by atoms with van der Waals surface area (Å²) in [5.74, 6) is -1.24. The third-order valence-electron chi connectivity index (χ3n) is 4.37. The molecule has 0 spiro atoms. The molecule has 7 heteroatoms. The number of hydrogen-bond donors (Lipinski definition) is 2. The van der Waals surface area contributed by atoms with Crippen molar-refractivity contribution in [1.29, 1.82) is 0 Å². The third kappa shape index (κ3) is 7.58. The molecule has 2 aromatic rings. The van der Waals surface area contributed by atoms with E-state index in [1.807, 2.05) is 60.7 Å². The lowest BCUT2D eigenvalue weighted by molar-refractivity contribution is -0.148. The molecule has 0 radical (unpaired) electrons. The molecular weight excluding hydrogens is 384 g/mol. The van der Waals surface area contributed by atoms with E-state index in [1.165, 1.54) is 6.92 Å². The Kier molecular flexibility index (Phi) is 8.87. The first-order chi connectivity index (χ1) is 14.4. The van der Waals surface area contributed by atoms with Crippen molar-refractivity contribution in [3.63, 3.8) is 0 Å². The quantitative estimate of drug-likeness (QED) is 0.617. The Morgan fingerprint density at radius 1 is 0.767 bits per heavy atom. The zero-order valence-electron chi connectivity index (χ0n) is 17.5. The normalized spacial score (nSPS) is 12.5. The van der Waals surface area contributed by atoms with E-state index in [2.05, 4.69) is 10.6 Å². The van der Waals surface area contributed by atoms with E-state index < -0.39 is 30.1 Å². The molecule has 0 aliphatic heterocycles. The van der Waals surface area contributed by atoms with Crippen molar-refractivity contribution in [2.45, 2.75) is 46.1 Å². The van der Waals surface area contributed by atoms with E-state index in [0.717, 1.165) is 11.1 Å². The van der Waals surface area contributed by atoms with Gasteiger partial charge in [-0.15, -0.1) is 0 Å². The van der Waals surface area contributed by atoms with Gasteiger partial charge in [-0.05, 0) is 24.0 Å². The van der Waals surface area contributed by atoms with Gasteiger partial charge in [0.25, 0.3) is 0 Å². The predicted molar refractivity (Wildman–Crippen MR) is 112 cm³/mol. The SMILES string of the molecule is CC(C)[C@H](NC(=O)OCc1ccccc1)C(=O)N[C@@H](C)C(=O)OCc1ccccc1. The molecule has 2 N–H and O–H groups in total. The van der Waals surface area contributed by atoms with Crippen LogP contribution in [0.4, 0.5) is 4.79 Å². The minimum absolute atomic E-state index is 0.0985. The molecule has 30 heavy (non-hydrogen) atoms.